The molecule has 0 radical (unpaired) electrons. The molecule has 0 atom stereocenters. The SMILES string of the molecule is CCC=Cc1cc2c(ccc3c4cc5ccccc5cc4ccc23)o1. The van der Waals surface area contributed by atoms with Gasteiger partial charge >= 0.3 is 0 Å². The minimum Gasteiger partial charge on any atom is -0.457 e. The normalized spacial score (nSPS) is 12.2. The summed E-state index contributed by atoms with van der Waals surface area (Å²) in [6.07, 6.45) is 5.19. The largest absolute Gasteiger partial charge is 0.457 e. The molecule has 0 spiro atoms. The van der Waals surface area contributed by atoms with Gasteiger partial charge in [-0.2, -0.15) is 0 Å². The molecule has 5 rings (SSSR count). The van der Waals surface area contributed by atoms with Crippen molar-refractivity contribution >= 4 is 49.4 Å². The van der Waals surface area contributed by atoms with Crippen LogP contribution in [0, 0.1) is 0 Å². The lowest BCUT2D eigenvalue weighted by molar-refractivity contribution is 0.604. The van der Waals surface area contributed by atoms with E-state index in [4.69, 9.17) is 4.42 Å². The van der Waals surface area contributed by atoms with Gasteiger partial charge in [-0.15, -0.1) is 0 Å². The summed E-state index contributed by atoms with van der Waals surface area (Å²) in [5, 5.41) is 8.85. The third kappa shape index (κ3) is 2.24. The fourth-order valence-corrected chi connectivity index (χ4v) is 3.69. The number of benzene rings is 4. The van der Waals surface area contributed by atoms with Gasteiger partial charge in [-0.25, -0.2) is 0 Å². The predicted octanol–water partition coefficient (Wildman–Crippen LogP) is 7.32. The van der Waals surface area contributed by atoms with Gasteiger partial charge in [-0.05, 0) is 69.1 Å². The van der Waals surface area contributed by atoms with E-state index in [1.54, 1.807) is 0 Å². The van der Waals surface area contributed by atoms with Crippen LogP contribution >= 0.6 is 0 Å². The van der Waals surface area contributed by atoms with Crippen molar-refractivity contribution in [2.75, 3.05) is 0 Å². The molecule has 5 aromatic rings. The predicted molar refractivity (Wildman–Crippen MR) is 108 cm³/mol. The van der Waals surface area contributed by atoms with E-state index in [2.05, 4.69) is 85.8 Å². The number of hydrogen-bond acceptors (Lipinski definition) is 1. The number of allylic oxidation sites excluding steroid dienone is 1. The van der Waals surface area contributed by atoms with E-state index in [1.807, 2.05) is 0 Å². The average Bonchev–Trinajstić information content (AvgIpc) is 3.07. The summed E-state index contributed by atoms with van der Waals surface area (Å²) in [7, 11) is 0. The minimum atomic E-state index is 0.919. The van der Waals surface area contributed by atoms with Gasteiger partial charge in [0.1, 0.15) is 11.3 Å². The van der Waals surface area contributed by atoms with Crippen molar-refractivity contribution in [3.8, 4) is 0 Å². The van der Waals surface area contributed by atoms with Crippen LogP contribution in [0.25, 0.3) is 49.4 Å². The van der Waals surface area contributed by atoms with Crippen LogP contribution in [0.1, 0.15) is 19.1 Å². The van der Waals surface area contributed by atoms with Crippen LogP contribution in [0.4, 0.5) is 0 Å². The highest BCUT2D eigenvalue weighted by Gasteiger charge is 2.09. The maximum Gasteiger partial charge on any atom is 0.135 e. The molecule has 0 fully saturated rings. The molecule has 0 unspecified atom stereocenters. The Hall–Kier alpha value is -3.06. The van der Waals surface area contributed by atoms with Crippen LogP contribution in [0.3, 0.4) is 0 Å². The summed E-state index contributed by atoms with van der Waals surface area (Å²) in [5.41, 5.74) is 0.948. The van der Waals surface area contributed by atoms with Crippen molar-refractivity contribution in [2.24, 2.45) is 0 Å². The molecule has 1 heterocycles. The van der Waals surface area contributed by atoms with Crippen LogP contribution in [0.15, 0.2) is 77.2 Å². The van der Waals surface area contributed by atoms with Gasteiger partial charge in [0.25, 0.3) is 0 Å². The first-order valence-corrected chi connectivity index (χ1v) is 8.78. The summed E-state index contributed by atoms with van der Waals surface area (Å²) < 4.78 is 5.97. The monoisotopic (exact) mass is 322 g/mol. The van der Waals surface area contributed by atoms with Crippen LogP contribution < -0.4 is 0 Å². The Balaban J connectivity index is 1.85. The Morgan fingerprint density at radius 2 is 1.48 bits per heavy atom. The first kappa shape index (κ1) is 14.3. The first-order chi connectivity index (χ1) is 12.3. The second kappa shape index (κ2) is 5.49. The van der Waals surface area contributed by atoms with E-state index in [9.17, 15) is 0 Å². The highest BCUT2D eigenvalue weighted by atomic mass is 16.3. The smallest absolute Gasteiger partial charge is 0.135 e. The van der Waals surface area contributed by atoms with E-state index in [0.29, 0.717) is 0 Å². The van der Waals surface area contributed by atoms with Gasteiger partial charge < -0.3 is 4.42 Å². The topological polar surface area (TPSA) is 13.1 Å². The Labute approximate surface area is 146 Å². The van der Waals surface area contributed by atoms with E-state index in [1.165, 1.54) is 37.7 Å². The molecule has 4 aromatic carbocycles. The van der Waals surface area contributed by atoms with Crippen molar-refractivity contribution < 1.29 is 4.42 Å². The summed E-state index contributed by atoms with van der Waals surface area (Å²) in [6.45, 7) is 2.13. The Morgan fingerprint density at radius 3 is 2.32 bits per heavy atom. The molecule has 0 N–H and O–H groups in total. The van der Waals surface area contributed by atoms with Crippen molar-refractivity contribution in [2.45, 2.75) is 13.3 Å². The maximum atomic E-state index is 5.97. The molecule has 1 nitrogen and oxygen atoms in total. The lowest BCUT2D eigenvalue weighted by Gasteiger charge is -2.07. The van der Waals surface area contributed by atoms with Crippen molar-refractivity contribution in [3.63, 3.8) is 0 Å². The zero-order valence-corrected chi connectivity index (χ0v) is 14.1. The van der Waals surface area contributed by atoms with E-state index in [0.717, 1.165) is 17.8 Å². The molecular formula is C24H18O. The molecular weight excluding hydrogens is 304 g/mol. The number of furan rings is 1. The van der Waals surface area contributed by atoms with Crippen LogP contribution in [0.2, 0.25) is 0 Å². The van der Waals surface area contributed by atoms with E-state index < -0.39 is 0 Å². The third-order valence-corrected chi connectivity index (χ3v) is 4.92. The first-order valence-electron chi connectivity index (χ1n) is 8.78. The highest BCUT2D eigenvalue weighted by Crippen LogP contribution is 2.34. The van der Waals surface area contributed by atoms with Crippen LogP contribution in [-0.2, 0) is 0 Å². The number of fused-ring (bicyclic) bond motifs is 6. The summed E-state index contributed by atoms with van der Waals surface area (Å²) >= 11 is 0. The number of hydrogen-bond donors (Lipinski definition) is 0. The van der Waals surface area contributed by atoms with Crippen molar-refractivity contribution in [1.29, 1.82) is 0 Å². The molecule has 0 aliphatic rings. The second-order valence-electron chi connectivity index (χ2n) is 6.52. The highest BCUT2D eigenvalue weighted by molar-refractivity contribution is 6.18. The minimum absolute atomic E-state index is 0.919. The van der Waals surface area contributed by atoms with Crippen molar-refractivity contribution in [3.05, 3.63) is 78.6 Å². The van der Waals surface area contributed by atoms with Gasteiger partial charge in [0.2, 0.25) is 0 Å². The zero-order chi connectivity index (χ0) is 16.8. The van der Waals surface area contributed by atoms with Crippen molar-refractivity contribution in [1.82, 2.24) is 0 Å². The van der Waals surface area contributed by atoms with E-state index >= 15 is 0 Å². The van der Waals surface area contributed by atoms with Gasteiger partial charge in [0, 0.05) is 5.39 Å². The maximum absolute atomic E-state index is 5.97. The third-order valence-electron chi connectivity index (χ3n) is 4.92. The van der Waals surface area contributed by atoms with Crippen LogP contribution in [0.5, 0.6) is 0 Å². The standard InChI is InChI=1S/C24H18O/c1-2-3-8-19-15-23-21-10-9-18-13-16-6-4-5-7-17(16)14-22(18)20(21)11-12-24(23)25-19/h3-15H,2H2,1H3. The lowest BCUT2D eigenvalue weighted by atomic mass is 9.97. The van der Waals surface area contributed by atoms with Gasteiger partial charge in [0.05, 0.1) is 0 Å². The van der Waals surface area contributed by atoms with E-state index in [-0.39, 0.29) is 0 Å². The second-order valence-corrected chi connectivity index (χ2v) is 6.52. The summed E-state index contributed by atoms with van der Waals surface area (Å²) in [5.74, 6) is 0.919. The Kier molecular flexibility index (Phi) is 3.14. The lowest BCUT2D eigenvalue weighted by Crippen LogP contribution is -1.80. The zero-order valence-electron chi connectivity index (χ0n) is 14.1. The summed E-state index contributed by atoms with van der Waals surface area (Å²) in [4.78, 5) is 0. The van der Waals surface area contributed by atoms with Gasteiger partial charge in [-0.3, -0.25) is 0 Å². The molecule has 0 aliphatic carbocycles. The average molecular weight is 322 g/mol. The molecule has 0 saturated carbocycles. The molecule has 25 heavy (non-hydrogen) atoms. The Morgan fingerprint density at radius 1 is 0.720 bits per heavy atom. The summed E-state index contributed by atoms with van der Waals surface area (Å²) in [6, 6.07) is 24.0. The van der Waals surface area contributed by atoms with Gasteiger partial charge in [-0.1, -0.05) is 55.5 Å². The molecule has 0 amide bonds. The van der Waals surface area contributed by atoms with Gasteiger partial charge in [0.15, 0.2) is 0 Å². The Bertz CT molecular complexity index is 1270. The fraction of sp³-hybridized carbons (Fsp3) is 0.0833. The molecule has 0 bridgehead atoms. The quantitative estimate of drug-likeness (QED) is 0.245. The molecule has 0 saturated heterocycles. The molecule has 120 valence electrons. The molecule has 1 heteroatoms. The van der Waals surface area contributed by atoms with Crippen LogP contribution in [-0.4, -0.2) is 0 Å². The number of rotatable bonds is 2. The molecule has 1 aromatic heterocycles. The fourth-order valence-electron chi connectivity index (χ4n) is 3.69. The molecule has 0 aliphatic heterocycles.